The number of aromatic nitrogens is 4. The Morgan fingerprint density at radius 2 is 1.43 bits per heavy atom. The third-order valence-corrected chi connectivity index (χ3v) is 12.0. The number of benzene rings is 2. The zero-order valence-electron chi connectivity index (χ0n) is 32.4. The molecular formula is C41H55N7O4S4. The number of methoxy groups -OCH3 is 1. The lowest BCUT2D eigenvalue weighted by atomic mass is 10.0. The maximum atomic E-state index is 13.6. The van der Waals surface area contributed by atoms with E-state index in [0.717, 1.165) is 83.7 Å². The smallest absolute Gasteiger partial charge is 0.407 e. The van der Waals surface area contributed by atoms with Crippen molar-refractivity contribution in [1.29, 1.82) is 0 Å². The van der Waals surface area contributed by atoms with Gasteiger partial charge in [0.1, 0.15) is 17.7 Å². The molecule has 2 spiro atoms. The molecule has 4 aromatic rings. The summed E-state index contributed by atoms with van der Waals surface area (Å²) < 4.78 is 4.75. The predicted molar refractivity (Wildman–Crippen MR) is 238 cm³/mol. The SMILES string of the molecule is CC[C@H](NC(=O)OC)C(=O)N1CC2(CC2)C[C@H]1c1ncc(-c2ccc(C#Cc3ccc4nc([C@@H]5CC6(CC6)CN5C(=O)[C@@H](C)CC)[nH]c4c3)cc2)[nH]1.S.S.S.S. The van der Waals surface area contributed by atoms with Gasteiger partial charge in [0.25, 0.3) is 0 Å². The molecule has 2 aliphatic heterocycles. The van der Waals surface area contributed by atoms with Gasteiger partial charge in [0.15, 0.2) is 0 Å². The number of nitrogens with one attached hydrogen (secondary N) is 3. The van der Waals surface area contributed by atoms with Crippen molar-refractivity contribution < 1.29 is 19.1 Å². The molecule has 4 fully saturated rings. The van der Waals surface area contributed by atoms with E-state index in [1.807, 2.05) is 67.4 Å². The second kappa shape index (κ2) is 17.8. The second-order valence-electron chi connectivity index (χ2n) is 15.6. The van der Waals surface area contributed by atoms with E-state index in [1.54, 1.807) is 0 Å². The Balaban J connectivity index is 0.00000174. The summed E-state index contributed by atoms with van der Waals surface area (Å²) in [6.45, 7) is 7.50. The first-order chi connectivity index (χ1) is 25.1. The standard InChI is InChI=1S/C41H47N7O4.4H2S/c1-5-25(3)37(49)47-23-41(17-18-41)21-34(47)36-43-30-14-11-27(19-31(30)44-36)8-7-26-9-12-28(13-10-26)32-22-42-35(45-32)33-20-40(15-16-40)24-48(33)38(50)29(6-2)46-39(51)52-4;;;;/h9-14,19,22,25,29,33-34H,5-6,15-18,20-21,23-24H2,1-4H3,(H,42,45)(H,43,44)(H,46,51);4*1H2/t25-,29-,33-,34-;;;;/m0..../s1. The van der Waals surface area contributed by atoms with Crippen LogP contribution in [0.4, 0.5) is 4.79 Å². The summed E-state index contributed by atoms with van der Waals surface area (Å²) in [7, 11) is 1.30. The van der Waals surface area contributed by atoms with Crippen molar-refractivity contribution >= 4 is 82.9 Å². The van der Waals surface area contributed by atoms with Crippen LogP contribution in [0.25, 0.3) is 22.3 Å². The lowest BCUT2D eigenvalue weighted by Gasteiger charge is -2.27. The van der Waals surface area contributed by atoms with E-state index >= 15 is 0 Å². The zero-order valence-corrected chi connectivity index (χ0v) is 36.4. The number of likely N-dealkylation sites (tertiary alicyclic amines) is 2. The highest BCUT2D eigenvalue weighted by molar-refractivity contribution is 7.59. The van der Waals surface area contributed by atoms with E-state index < -0.39 is 12.1 Å². The topological polar surface area (TPSA) is 136 Å². The molecule has 2 saturated heterocycles. The van der Waals surface area contributed by atoms with Crippen molar-refractivity contribution in [2.24, 2.45) is 16.7 Å². The molecule has 3 N–H and O–H groups in total. The number of imidazole rings is 2. The summed E-state index contributed by atoms with van der Waals surface area (Å²) in [5.41, 5.74) is 5.87. The third kappa shape index (κ3) is 8.88. The molecule has 3 amide bonds. The van der Waals surface area contributed by atoms with E-state index in [9.17, 15) is 14.4 Å². The lowest BCUT2D eigenvalue weighted by Crippen LogP contribution is -2.48. The Morgan fingerprint density at radius 3 is 2.02 bits per heavy atom. The van der Waals surface area contributed by atoms with Crippen LogP contribution in [0, 0.1) is 28.6 Å². The first-order valence-electron chi connectivity index (χ1n) is 18.7. The van der Waals surface area contributed by atoms with Crippen molar-refractivity contribution in [3.05, 3.63) is 71.4 Å². The highest BCUT2D eigenvalue weighted by Crippen LogP contribution is 2.59. The fourth-order valence-electron chi connectivity index (χ4n) is 8.14. The van der Waals surface area contributed by atoms with Crippen LogP contribution in [0.1, 0.15) is 107 Å². The lowest BCUT2D eigenvalue weighted by molar-refractivity contribution is -0.136. The summed E-state index contributed by atoms with van der Waals surface area (Å²) in [4.78, 5) is 59.4. The number of nitrogens with zero attached hydrogens (tertiary/aromatic N) is 4. The van der Waals surface area contributed by atoms with E-state index in [0.29, 0.717) is 13.0 Å². The minimum atomic E-state index is -0.644. The summed E-state index contributed by atoms with van der Waals surface area (Å²) in [5, 5.41) is 2.69. The summed E-state index contributed by atoms with van der Waals surface area (Å²) in [5.74, 6) is 8.39. The van der Waals surface area contributed by atoms with Gasteiger partial charge in [0, 0.05) is 30.1 Å². The van der Waals surface area contributed by atoms with Gasteiger partial charge in [-0.3, -0.25) is 9.59 Å². The largest absolute Gasteiger partial charge is 0.453 e. The van der Waals surface area contributed by atoms with E-state index in [-0.39, 0.29) is 94.6 Å². The van der Waals surface area contributed by atoms with Crippen molar-refractivity contribution in [3.8, 4) is 23.1 Å². The molecule has 56 heavy (non-hydrogen) atoms. The first kappa shape index (κ1) is 45.0. The molecule has 8 rings (SSSR count). The quantitative estimate of drug-likeness (QED) is 0.162. The van der Waals surface area contributed by atoms with Crippen LogP contribution in [0.15, 0.2) is 48.7 Å². The number of amides is 3. The van der Waals surface area contributed by atoms with Gasteiger partial charge in [0.05, 0.1) is 42.1 Å². The Bertz CT molecular complexity index is 2100. The number of fused-ring (bicyclic) bond motifs is 1. The maximum absolute atomic E-state index is 13.6. The summed E-state index contributed by atoms with van der Waals surface area (Å²) >= 11 is 0. The number of aromatic amines is 2. The predicted octanol–water partition coefficient (Wildman–Crippen LogP) is 7.09. The Kier molecular flexibility index (Phi) is 14.3. The Labute approximate surface area is 357 Å². The third-order valence-electron chi connectivity index (χ3n) is 12.0. The molecule has 2 aromatic carbocycles. The molecule has 0 radical (unpaired) electrons. The average Bonchev–Trinajstić information content (AvgIpc) is 3.78. The second-order valence-corrected chi connectivity index (χ2v) is 15.6. The number of alkyl carbamates (subject to hydrolysis) is 1. The number of carbonyl (C=O) groups excluding carboxylic acids is 3. The van der Waals surface area contributed by atoms with Crippen LogP contribution in [-0.4, -0.2) is 73.9 Å². The fraction of sp³-hybridized carbons (Fsp3) is 0.488. The molecule has 4 heterocycles. The molecule has 0 bridgehead atoms. The molecule has 4 aliphatic rings. The van der Waals surface area contributed by atoms with Gasteiger partial charge in [-0.05, 0) is 98.1 Å². The number of H-pyrrole nitrogens is 2. The fourth-order valence-corrected chi connectivity index (χ4v) is 8.14. The number of rotatable bonds is 8. The van der Waals surface area contributed by atoms with Gasteiger partial charge in [-0.25, -0.2) is 14.8 Å². The van der Waals surface area contributed by atoms with Crippen LogP contribution in [-0.2, 0) is 14.3 Å². The van der Waals surface area contributed by atoms with Crippen molar-refractivity contribution in [2.75, 3.05) is 20.2 Å². The number of hydrogen-bond donors (Lipinski definition) is 3. The normalized spacial score (nSPS) is 20.4. The average molecular weight is 838 g/mol. The molecule has 0 unspecified atom stereocenters. The Hall–Kier alpha value is -3.71. The van der Waals surface area contributed by atoms with Gasteiger partial charge >= 0.3 is 6.09 Å². The number of ether oxygens (including phenoxy) is 1. The maximum Gasteiger partial charge on any atom is 0.407 e. The Morgan fingerprint density at radius 1 is 0.839 bits per heavy atom. The zero-order chi connectivity index (χ0) is 36.2. The van der Waals surface area contributed by atoms with Crippen molar-refractivity contribution in [2.45, 2.75) is 90.3 Å². The molecule has 2 saturated carbocycles. The van der Waals surface area contributed by atoms with Crippen LogP contribution >= 0.6 is 54.0 Å². The van der Waals surface area contributed by atoms with Gasteiger partial charge in [-0.15, -0.1) is 0 Å². The van der Waals surface area contributed by atoms with Gasteiger partial charge in [-0.2, -0.15) is 54.0 Å². The van der Waals surface area contributed by atoms with Crippen molar-refractivity contribution in [1.82, 2.24) is 35.1 Å². The van der Waals surface area contributed by atoms with E-state index in [2.05, 4.69) is 38.9 Å². The van der Waals surface area contributed by atoms with Gasteiger partial charge < -0.3 is 29.8 Å². The highest BCUT2D eigenvalue weighted by Gasteiger charge is 2.56. The molecule has 11 nitrogen and oxygen atoms in total. The molecule has 15 heteroatoms. The first-order valence-corrected chi connectivity index (χ1v) is 18.7. The molecular weight excluding hydrogens is 783 g/mol. The number of hydrogen-bond acceptors (Lipinski definition) is 6. The van der Waals surface area contributed by atoms with E-state index in [4.69, 9.17) is 14.7 Å². The van der Waals surface area contributed by atoms with E-state index in [1.165, 1.54) is 20.0 Å². The molecule has 302 valence electrons. The monoisotopic (exact) mass is 837 g/mol. The minimum absolute atomic E-state index is 0. The number of carbonyl (C=O) groups is 3. The summed E-state index contributed by atoms with van der Waals surface area (Å²) in [6.07, 6.45) is 8.96. The highest BCUT2D eigenvalue weighted by atomic mass is 32.1. The van der Waals surface area contributed by atoms with Crippen LogP contribution in [0.3, 0.4) is 0 Å². The summed E-state index contributed by atoms with van der Waals surface area (Å²) in [6, 6.07) is 13.3. The van der Waals surface area contributed by atoms with Gasteiger partial charge in [0.2, 0.25) is 11.8 Å². The van der Waals surface area contributed by atoms with Crippen LogP contribution in [0.5, 0.6) is 0 Å². The molecule has 2 aliphatic carbocycles. The van der Waals surface area contributed by atoms with Crippen molar-refractivity contribution in [3.63, 3.8) is 0 Å². The van der Waals surface area contributed by atoms with Crippen LogP contribution in [0.2, 0.25) is 0 Å². The molecule has 2 aromatic heterocycles. The van der Waals surface area contributed by atoms with Gasteiger partial charge in [-0.1, -0.05) is 44.7 Å². The minimum Gasteiger partial charge on any atom is -0.453 e. The molecule has 4 atom stereocenters. The van der Waals surface area contributed by atoms with Crippen LogP contribution < -0.4 is 5.32 Å².